The number of carbonyl (C=O) groups excluding carboxylic acids is 1. The monoisotopic (exact) mass is 1140 g/mol. The van der Waals surface area contributed by atoms with Gasteiger partial charge in [-0.25, -0.2) is 0 Å². The Hall–Kier alpha value is -0.500. The molecule has 0 saturated carbocycles. The molecule has 0 radical (unpaired) electrons. The predicted molar refractivity (Wildman–Crippen MR) is 344 cm³/mol. The lowest BCUT2D eigenvalue weighted by molar-refractivity contribution is -0.870. The topological polar surface area (TPSA) is 108 Å². The van der Waals surface area contributed by atoms with Gasteiger partial charge in [0, 0.05) is 6.42 Å². The third-order valence-electron chi connectivity index (χ3n) is 17.1. The van der Waals surface area contributed by atoms with Gasteiger partial charge in [-0.05, 0) is 12.8 Å². The summed E-state index contributed by atoms with van der Waals surface area (Å²) in [6, 6.07) is -0.797. The highest BCUT2D eigenvalue weighted by atomic mass is 31.2. The fourth-order valence-electron chi connectivity index (χ4n) is 11.5. The number of phosphoric acid groups is 1. The maximum absolute atomic E-state index is 13.1. The molecule has 0 heterocycles. The zero-order valence-corrected chi connectivity index (χ0v) is 55.3. The molecule has 0 spiro atoms. The molecule has 0 rings (SSSR count). The number of quaternary nitrogens is 1. The minimum Gasteiger partial charge on any atom is -0.756 e. The van der Waals surface area contributed by atoms with Gasteiger partial charge in [-0.1, -0.05) is 373 Å². The van der Waals surface area contributed by atoms with Crippen LogP contribution in [0.25, 0.3) is 0 Å². The summed E-state index contributed by atoms with van der Waals surface area (Å²) >= 11 is 0. The number of carbonyl (C=O) groups is 1. The molecule has 0 aliphatic carbocycles. The van der Waals surface area contributed by atoms with E-state index in [9.17, 15) is 19.4 Å². The summed E-state index contributed by atoms with van der Waals surface area (Å²) in [6.45, 7) is 4.80. The van der Waals surface area contributed by atoms with E-state index in [2.05, 4.69) is 19.2 Å². The summed E-state index contributed by atoms with van der Waals surface area (Å²) in [5.74, 6) is -0.153. The molecule has 3 unspecified atom stereocenters. The molecule has 0 aliphatic rings. The zero-order chi connectivity index (χ0) is 57.7. The first-order valence-electron chi connectivity index (χ1n) is 35.9. The van der Waals surface area contributed by atoms with Crippen LogP contribution < -0.4 is 10.2 Å². The molecule has 0 aromatic rings. The van der Waals surface area contributed by atoms with E-state index >= 15 is 0 Å². The summed E-state index contributed by atoms with van der Waals surface area (Å²) < 4.78 is 23.5. The number of unbranched alkanes of at least 4 members (excludes halogenated alkanes) is 55. The second kappa shape index (κ2) is 62.0. The Morgan fingerprint density at radius 2 is 0.620 bits per heavy atom. The lowest BCUT2D eigenvalue weighted by Crippen LogP contribution is -2.46. The highest BCUT2D eigenvalue weighted by Crippen LogP contribution is 2.38. The van der Waals surface area contributed by atoms with Crippen molar-refractivity contribution >= 4 is 13.7 Å². The van der Waals surface area contributed by atoms with Gasteiger partial charge in [-0.3, -0.25) is 9.36 Å². The molecule has 474 valence electrons. The fraction of sp³-hybridized carbons (Fsp3) is 0.986. The number of hydrogen-bond acceptors (Lipinski definition) is 6. The first-order chi connectivity index (χ1) is 38.5. The average Bonchev–Trinajstić information content (AvgIpc) is 3.42. The van der Waals surface area contributed by atoms with Gasteiger partial charge in [0.25, 0.3) is 7.82 Å². The molecule has 0 aromatic carbocycles. The molecule has 1 amide bonds. The summed E-state index contributed by atoms with van der Waals surface area (Å²) in [4.78, 5) is 25.7. The first-order valence-corrected chi connectivity index (χ1v) is 37.3. The van der Waals surface area contributed by atoms with E-state index in [0.29, 0.717) is 23.9 Å². The lowest BCUT2D eigenvalue weighted by atomic mass is 10.0. The average molecular weight is 1140 g/mol. The van der Waals surface area contributed by atoms with Gasteiger partial charge in [0.1, 0.15) is 13.2 Å². The molecule has 9 heteroatoms. The molecule has 0 fully saturated rings. The van der Waals surface area contributed by atoms with Crippen molar-refractivity contribution in [3.63, 3.8) is 0 Å². The van der Waals surface area contributed by atoms with Gasteiger partial charge in [-0.15, -0.1) is 0 Å². The Kier molecular flexibility index (Phi) is 61.7. The van der Waals surface area contributed by atoms with Gasteiger partial charge >= 0.3 is 0 Å². The van der Waals surface area contributed by atoms with Crippen LogP contribution in [0.2, 0.25) is 0 Å². The van der Waals surface area contributed by atoms with Crippen LogP contribution in [0.15, 0.2) is 0 Å². The minimum absolute atomic E-state index is 0.0170. The van der Waals surface area contributed by atoms with E-state index in [-0.39, 0.29) is 19.1 Å². The van der Waals surface area contributed by atoms with Gasteiger partial charge in [0.15, 0.2) is 0 Å². The number of hydrogen-bond donors (Lipinski definition) is 2. The van der Waals surface area contributed by atoms with E-state index < -0.39 is 20.0 Å². The molecular formula is C70H143N2O6P. The smallest absolute Gasteiger partial charge is 0.268 e. The minimum atomic E-state index is -4.58. The quantitative estimate of drug-likeness (QED) is 0.0357. The van der Waals surface area contributed by atoms with Gasteiger partial charge < -0.3 is 28.8 Å². The summed E-state index contributed by atoms with van der Waals surface area (Å²) in [5, 5.41) is 14.1. The second-order valence-electron chi connectivity index (χ2n) is 26.3. The predicted octanol–water partition coefficient (Wildman–Crippen LogP) is 22.1. The number of phosphoric ester groups is 1. The molecule has 0 aliphatic heterocycles. The zero-order valence-electron chi connectivity index (χ0n) is 54.4. The maximum Gasteiger partial charge on any atom is 0.268 e. The largest absolute Gasteiger partial charge is 0.756 e. The molecule has 0 bridgehead atoms. The van der Waals surface area contributed by atoms with Crippen LogP contribution in [0.4, 0.5) is 0 Å². The van der Waals surface area contributed by atoms with Crippen LogP contribution in [0.5, 0.6) is 0 Å². The molecular weight excluding hydrogens is 996 g/mol. The van der Waals surface area contributed by atoms with Crippen molar-refractivity contribution in [1.29, 1.82) is 0 Å². The number of rotatable bonds is 68. The van der Waals surface area contributed by atoms with Gasteiger partial charge in [-0.2, -0.15) is 0 Å². The number of nitrogens with one attached hydrogen (secondary N) is 1. The number of aliphatic hydroxyl groups excluding tert-OH is 1. The van der Waals surface area contributed by atoms with Gasteiger partial charge in [0.2, 0.25) is 5.91 Å². The van der Waals surface area contributed by atoms with Crippen molar-refractivity contribution in [3.8, 4) is 0 Å². The van der Waals surface area contributed by atoms with E-state index in [1.165, 1.54) is 327 Å². The van der Waals surface area contributed by atoms with Crippen molar-refractivity contribution in [2.75, 3.05) is 40.9 Å². The molecule has 3 atom stereocenters. The van der Waals surface area contributed by atoms with E-state index in [0.717, 1.165) is 38.5 Å². The third-order valence-corrected chi connectivity index (χ3v) is 18.1. The van der Waals surface area contributed by atoms with Crippen molar-refractivity contribution in [2.45, 2.75) is 405 Å². The highest BCUT2D eigenvalue weighted by molar-refractivity contribution is 7.45. The van der Waals surface area contributed by atoms with Crippen molar-refractivity contribution < 1.29 is 32.9 Å². The van der Waals surface area contributed by atoms with E-state index in [4.69, 9.17) is 9.05 Å². The van der Waals surface area contributed by atoms with E-state index in [1.807, 2.05) is 21.1 Å². The summed E-state index contributed by atoms with van der Waals surface area (Å²) in [7, 11) is 1.33. The number of likely N-dealkylation sites (N-methyl/N-ethyl adjacent to an activating group) is 1. The molecule has 0 aromatic heterocycles. The highest BCUT2D eigenvalue weighted by Gasteiger charge is 2.24. The van der Waals surface area contributed by atoms with Crippen molar-refractivity contribution in [3.05, 3.63) is 0 Å². The van der Waals surface area contributed by atoms with E-state index in [1.54, 1.807) is 0 Å². The van der Waals surface area contributed by atoms with Crippen LogP contribution in [0.1, 0.15) is 393 Å². The molecule has 0 saturated heterocycles. The summed E-state index contributed by atoms with van der Waals surface area (Å²) in [5.41, 5.74) is 0. The van der Waals surface area contributed by atoms with Crippen molar-refractivity contribution in [1.82, 2.24) is 5.32 Å². The lowest BCUT2D eigenvalue weighted by Gasteiger charge is -2.30. The molecule has 2 N–H and O–H groups in total. The van der Waals surface area contributed by atoms with Crippen LogP contribution in [-0.2, 0) is 18.4 Å². The molecule has 8 nitrogen and oxygen atoms in total. The Balaban J connectivity index is 3.95. The van der Waals surface area contributed by atoms with Crippen LogP contribution in [-0.4, -0.2) is 68.5 Å². The normalized spacial score (nSPS) is 13.6. The Bertz CT molecular complexity index is 1250. The second-order valence-corrected chi connectivity index (χ2v) is 27.7. The third kappa shape index (κ3) is 64.9. The number of nitrogens with zero attached hydrogens (tertiary/aromatic N) is 1. The first kappa shape index (κ1) is 78.5. The van der Waals surface area contributed by atoms with Crippen molar-refractivity contribution in [2.24, 2.45) is 0 Å². The van der Waals surface area contributed by atoms with Gasteiger partial charge in [0.05, 0.1) is 39.9 Å². The van der Waals surface area contributed by atoms with Crippen LogP contribution in [0, 0.1) is 0 Å². The Morgan fingerprint density at radius 1 is 0.392 bits per heavy atom. The number of amides is 1. The molecule has 79 heavy (non-hydrogen) atoms. The fourth-order valence-corrected chi connectivity index (χ4v) is 12.2. The standard InChI is InChI=1S/C70H143N2O6P/c1-6-8-10-12-14-16-18-20-22-24-26-28-30-32-33-34-35-36-37-38-39-40-41-43-45-47-49-51-53-55-57-59-61-63-69(73)68(67-78-79(75,76)77-66-65-72(3,4)5)71-70(74)64-62-60-58-56-54-52-50-48-46-44-42-31-29-27-25-23-21-19-17-15-13-11-9-7-2/h68-69,73H,6-67H2,1-5H3,(H-,71,74,75,76). The Labute approximate surface area is 495 Å². The number of aliphatic hydroxyl groups is 1. The van der Waals surface area contributed by atoms with Crippen LogP contribution >= 0.6 is 7.82 Å². The SMILES string of the molecule is CCCCCCCCCCCCCCCCCCCCCCCCCCCCCCCCCCCC(O)C(COP(=O)([O-])OCC[N+](C)(C)C)NC(=O)CCCCCCCCCCCCCCCCCCCCCCCCCC. The Morgan fingerprint density at radius 3 is 0.861 bits per heavy atom. The summed E-state index contributed by atoms with van der Waals surface area (Å²) in [6.07, 6.45) is 77.6. The van der Waals surface area contributed by atoms with Crippen LogP contribution in [0.3, 0.4) is 0 Å². The maximum atomic E-state index is 13.1.